The van der Waals surface area contributed by atoms with E-state index in [0.29, 0.717) is 11.8 Å². The lowest BCUT2D eigenvalue weighted by Gasteiger charge is -2.62. The largest absolute Gasteiger partial charge is 0.407 e. The molecule has 5 rings (SSSR count). The second-order valence-corrected chi connectivity index (χ2v) is 22.1. The summed E-state index contributed by atoms with van der Waals surface area (Å²) in [4.78, 5) is 0. The highest BCUT2D eigenvalue weighted by molar-refractivity contribution is 8.17. The van der Waals surface area contributed by atoms with Gasteiger partial charge in [0, 0.05) is 5.92 Å². The SMILES string of the molecule is CSC1(SC)C[C@H](C(O[SiH](c2ccccc2)c2ccccc2)C(C)(C)C)[C@H]1C(O[SiH](c1ccccc1)c1ccccc1)C(C)(C)C. The molecule has 4 aromatic carbocycles. The normalized spacial score (nSPS) is 19.5. The average Bonchev–Trinajstić information content (AvgIpc) is 3.05. The molecule has 0 amide bonds. The first-order valence-electron chi connectivity index (χ1n) is 16.6. The van der Waals surface area contributed by atoms with Crippen molar-refractivity contribution in [3.63, 3.8) is 0 Å². The summed E-state index contributed by atoms with van der Waals surface area (Å²) in [7, 11) is -3.98. The Bertz CT molecular complexity index is 1410. The second-order valence-electron chi connectivity index (χ2n) is 14.9. The van der Waals surface area contributed by atoms with Gasteiger partial charge in [-0.2, -0.15) is 0 Å². The molecule has 6 heteroatoms. The van der Waals surface area contributed by atoms with E-state index in [1.54, 1.807) is 0 Å². The molecule has 1 saturated carbocycles. The van der Waals surface area contributed by atoms with E-state index in [4.69, 9.17) is 8.85 Å². The molecule has 0 aromatic heterocycles. The van der Waals surface area contributed by atoms with Crippen LogP contribution in [0.4, 0.5) is 0 Å². The Morgan fingerprint density at radius 1 is 0.543 bits per heavy atom. The quantitative estimate of drug-likeness (QED) is 0.118. The molecule has 0 radical (unpaired) electrons. The van der Waals surface area contributed by atoms with Crippen LogP contribution in [0.2, 0.25) is 0 Å². The molecule has 4 aromatic rings. The molecule has 2 unspecified atom stereocenters. The number of hydrogen-bond donors (Lipinski definition) is 0. The van der Waals surface area contributed by atoms with Crippen molar-refractivity contribution in [2.45, 2.75) is 64.3 Å². The molecule has 0 saturated heterocycles. The highest BCUT2D eigenvalue weighted by atomic mass is 32.2. The van der Waals surface area contributed by atoms with Crippen molar-refractivity contribution in [3.05, 3.63) is 121 Å². The van der Waals surface area contributed by atoms with Crippen LogP contribution in [0.3, 0.4) is 0 Å². The standard InChI is InChI=1S/C40H52O2S2Si2/c1-38(2,3)36(41-45(30-21-13-9-14-22-30)31-23-15-10-16-24-31)34-29-40(43-7,44-8)35(34)37(39(4,5)6)42-46(32-25-17-11-18-26-32)33-27-19-12-20-28-33/h9-28,34-37,45-46H,29H2,1-8H3/t34-,35-,36?,37?/m0/s1. The molecule has 1 aliphatic rings. The molecule has 1 aliphatic carbocycles. The van der Waals surface area contributed by atoms with E-state index in [1.165, 1.54) is 20.7 Å². The maximum Gasteiger partial charge on any atom is 0.240 e. The number of thioether (sulfide) groups is 2. The van der Waals surface area contributed by atoms with Gasteiger partial charge >= 0.3 is 0 Å². The number of hydrogen-bond acceptors (Lipinski definition) is 4. The van der Waals surface area contributed by atoms with Gasteiger partial charge in [-0.05, 0) is 56.4 Å². The van der Waals surface area contributed by atoms with Crippen LogP contribution < -0.4 is 20.7 Å². The molecule has 0 spiro atoms. The van der Waals surface area contributed by atoms with Crippen LogP contribution in [0.25, 0.3) is 0 Å². The van der Waals surface area contributed by atoms with E-state index in [0.717, 1.165) is 6.42 Å². The predicted octanol–water partition coefficient (Wildman–Crippen LogP) is 6.98. The summed E-state index contributed by atoms with van der Waals surface area (Å²) in [5, 5.41) is 5.34. The maximum absolute atomic E-state index is 7.69. The fourth-order valence-corrected chi connectivity index (χ4v) is 15.3. The predicted molar refractivity (Wildman–Crippen MR) is 209 cm³/mol. The molecule has 0 aliphatic heterocycles. The van der Waals surface area contributed by atoms with Gasteiger partial charge in [-0.25, -0.2) is 0 Å². The highest BCUT2D eigenvalue weighted by Crippen LogP contribution is 2.64. The highest BCUT2D eigenvalue weighted by Gasteiger charge is 2.62. The first-order chi connectivity index (χ1) is 22.0. The minimum atomic E-state index is -2.00. The monoisotopic (exact) mass is 684 g/mol. The zero-order valence-corrected chi connectivity index (χ0v) is 32.8. The van der Waals surface area contributed by atoms with Gasteiger partial charge < -0.3 is 8.85 Å². The fourth-order valence-electron chi connectivity index (χ4n) is 7.31. The van der Waals surface area contributed by atoms with Crippen molar-refractivity contribution >= 4 is 62.4 Å². The van der Waals surface area contributed by atoms with Crippen LogP contribution in [0.1, 0.15) is 48.0 Å². The lowest BCUT2D eigenvalue weighted by atomic mass is 9.59. The lowest BCUT2D eigenvalue weighted by molar-refractivity contribution is -0.100. The third kappa shape index (κ3) is 7.80. The van der Waals surface area contributed by atoms with Crippen LogP contribution in [0.15, 0.2) is 121 Å². The summed E-state index contributed by atoms with van der Waals surface area (Å²) in [6, 6.07) is 43.9. The molecule has 244 valence electrons. The van der Waals surface area contributed by atoms with Crippen LogP contribution >= 0.6 is 23.5 Å². The van der Waals surface area contributed by atoms with Crippen molar-refractivity contribution in [1.82, 2.24) is 0 Å². The van der Waals surface area contributed by atoms with Crippen molar-refractivity contribution < 1.29 is 8.85 Å². The molecule has 0 N–H and O–H groups in total. The third-order valence-corrected chi connectivity index (χ3v) is 17.9. The van der Waals surface area contributed by atoms with E-state index in [1.807, 2.05) is 23.5 Å². The first-order valence-corrected chi connectivity index (χ1v) is 22.3. The van der Waals surface area contributed by atoms with Crippen LogP contribution in [-0.4, -0.2) is 46.9 Å². The zero-order valence-electron chi connectivity index (χ0n) is 28.9. The summed E-state index contributed by atoms with van der Waals surface area (Å²) < 4.78 is 15.4. The van der Waals surface area contributed by atoms with Crippen LogP contribution in [0.5, 0.6) is 0 Å². The van der Waals surface area contributed by atoms with Crippen molar-refractivity contribution in [3.8, 4) is 0 Å². The first kappa shape index (κ1) is 35.2. The van der Waals surface area contributed by atoms with E-state index < -0.39 is 18.1 Å². The molecule has 2 nitrogen and oxygen atoms in total. The Kier molecular flexibility index (Phi) is 11.5. The topological polar surface area (TPSA) is 18.5 Å². The molecule has 0 heterocycles. The summed E-state index contributed by atoms with van der Waals surface area (Å²) in [5.41, 5.74) is -0.105. The van der Waals surface area contributed by atoms with Gasteiger partial charge in [0.2, 0.25) is 18.1 Å². The summed E-state index contributed by atoms with van der Waals surface area (Å²) >= 11 is 4.06. The van der Waals surface area contributed by atoms with E-state index in [9.17, 15) is 0 Å². The zero-order chi connectivity index (χ0) is 33.0. The molecule has 1 fully saturated rings. The van der Waals surface area contributed by atoms with Gasteiger partial charge in [0.05, 0.1) is 16.3 Å². The Morgan fingerprint density at radius 2 is 0.848 bits per heavy atom. The average molecular weight is 685 g/mol. The molecular weight excluding hydrogens is 633 g/mol. The van der Waals surface area contributed by atoms with Crippen molar-refractivity contribution in [2.24, 2.45) is 22.7 Å². The van der Waals surface area contributed by atoms with Gasteiger partial charge in [0.15, 0.2) is 0 Å². The van der Waals surface area contributed by atoms with Gasteiger partial charge in [-0.3, -0.25) is 0 Å². The summed E-state index contributed by atoms with van der Waals surface area (Å²) in [6.45, 7) is 14.3. The summed E-state index contributed by atoms with van der Waals surface area (Å²) in [5.74, 6) is 0.693. The van der Waals surface area contributed by atoms with Gasteiger partial charge in [-0.1, -0.05) is 163 Å². The summed E-state index contributed by atoms with van der Waals surface area (Å²) in [6.07, 6.45) is 5.88. The molecule has 0 bridgehead atoms. The Hall–Kier alpha value is -2.07. The minimum absolute atomic E-state index is 0.0428. The van der Waals surface area contributed by atoms with Crippen LogP contribution in [-0.2, 0) is 8.85 Å². The molecule has 4 atom stereocenters. The maximum atomic E-state index is 7.69. The Balaban J connectivity index is 1.59. The van der Waals surface area contributed by atoms with E-state index >= 15 is 0 Å². The van der Waals surface area contributed by atoms with Crippen molar-refractivity contribution in [2.75, 3.05) is 12.5 Å². The van der Waals surface area contributed by atoms with Crippen molar-refractivity contribution in [1.29, 1.82) is 0 Å². The Labute approximate surface area is 290 Å². The van der Waals surface area contributed by atoms with E-state index in [2.05, 4.69) is 175 Å². The van der Waals surface area contributed by atoms with Gasteiger partial charge in [0.25, 0.3) is 0 Å². The van der Waals surface area contributed by atoms with Gasteiger partial charge in [0.1, 0.15) is 0 Å². The molecule has 46 heavy (non-hydrogen) atoms. The molecular formula is C40H52O2S2Si2. The Morgan fingerprint density at radius 3 is 1.13 bits per heavy atom. The smallest absolute Gasteiger partial charge is 0.240 e. The van der Waals surface area contributed by atoms with Crippen LogP contribution in [0, 0.1) is 22.7 Å². The number of rotatable bonds is 12. The third-order valence-electron chi connectivity index (χ3n) is 9.58. The fraction of sp³-hybridized carbons (Fsp3) is 0.400. The number of benzene rings is 4. The second kappa shape index (κ2) is 15.0. The van der Waals surface area contributed by atoms with Gasteiger partial charge in [-0.15, -0.1) is 23.5 Å². The van der Waals surface area contributed by atoms with E-state index in [-0.39, 0.29) is 27.1 Å². The minimum Gasteiger partial charge on any atom is -0.407 e. The lowest BCUT2D eigenvalue weighted by Crippen LogP contribution is -2.66.